The van der Waals surface area contributed by atoms with Gasteiger partial charge in [-0.15, -0.1) is 0 Å². The standard InChI is InChI=1S/C16H16O2S/c1-17-15-12-18-16(19-15,13-8-4-2-5-9-13)14-10-6-3-7-11-14/h2-11,15H,12H2,1H3. The Morgan fingerprint density at radius 1 is 1.00 bits per heavy atom. The molecule has 2 nitrogen and oxygen atoms in total. The molecule has 1 fully saturated rings. The molecule has 3 heteroatoms. The molecule has 2 aromatic rings. The second-order valence-electron chi connectivity index (χ2n) is 4.44. The zero-order valence-electron chi connectivity index (χ0n) is 10.8. The van der Waals surface area contributed by atoms with Crippen LogP contribution in [0.1, 0.15) is 11.1 Å². The number of thioether (sulfide) groups is 1. The van der Waals surface area contributed by atoms with Gasteiger partial charge in [0.15, 0.2) is 4.93 Å². The van der Waals surface area contributed by atoms with E-state index in [0.717, 1.165) is 11.1 Å². The number of hydrogen-bond acceptors (Lipinski definition) is 3. The van der Waals surface area contributed by atoms with Crippen molar-refractivity contribution in [1.29, 1.82) is 0 Å². The summed E-state index contributed by atoms with van der Waals surface area (Å²) in [6, 6.07) is 20.7. The van der Waals surface area contributed by atoms with Crippen LogP contribution >= 0.6 is 11.8 Å². The predicted octanol–water partition coefficient (Wildman–Crippen LogP) is 3.62. The lowest BCUT2D eigenvalue weighted by atomic mass is 10.0. The minimum absolute atomic E-state index is 0.0698. The Morgan fingerprint density at radius 2 is 1.53 bits per heavy atom. The summed E-state index contributed by atoms with van der Waals surface area (Å²) in [4.78, 5) is -0.455. The molecule has 1 unspecified atom stereocenters. The summed E-state index contributed by atoms with van der Waals surface area (Å²) in [7, 11) is 1.73. The Morgan fingerprint density at radius 3 is 1.95 bits per heavy atom. The van der Waals surface area contributed by atoms with E-state index < -0.39 is 4.93 Å². The molecule has 1 aliphatic heterocycles. The van der Waals surface area contributed by atoms with E-state index in [1.54, 1.807) is 18.9 Å². The highest BCUT2D eigenvalue weighted by Crippen LogP contribution is 2.50. The molecule has 1 saturated heterocycles. The van der Waals surface area contributed by atoms with Gasteiger partial charge in [-0.05, 0) is 11.1 Å². The average Bonchev–Trinajstić information content (AvgIpc) is 2.95. The van der Waals surface area contributed by atoms with E-state index >= 15 is 0 Å². The third-order valence-corrected chi connectivity index (χ3v) is 4.80. The summed E-state index contributed by atoms with van der Waals surface area (Å²) < 4.78 is 11.6. The van der Waals surface area contributed by atoms with E-state index in [1.165, 1.54) is 0 Å². The average molecular weight is 272 g/mol. The number of rotatable bonds is 3. The Kier molecular flexibility index (Phi) is 3.60. The van der Waals surface area contributed by atoms with Crippen molar-refractivity contribution in [2.45, 2.75) is 10.4 Å². The number of ether oxygens (including phenoxy) is 2. The Balaban J connectivity index is 2.07. The molecule has 2 aromatic carbocycles. The molecule has 1 heterocycles. The lowest BCUT2D eigenvalue weighted by Gasteiger charge is -2.28. The topological polar surface area (TPSA) is 18.5 Å². The van der Waals surface area contributed by atoms with Crippen LogP contribution in [0.3, 0.4) is 0 Å². The second-order valence-corrected chi connectivity index (χ2v) is 5.78. The zero-order valence-corrected chi connectivity index (χ0v) is 11.6. The number of benzene rings is 2. The monoisotopic (exact) mass is 272 g/mol. The van der Waals surface area contributed by atoms with Crippen molar-refractivity contribution in [3.8, 4) is 0 Å². The first-order valence-corrected chi connectivity index (χ1v) is 7.19. The van der Waals surface area contributed by atoms with E-state index in [4.69, 9.17) is 9.47 Å². The molecular weight excluding hydrogens is 256 g/mol. The smallest absolute Gasteiger partial charge is 0.167 e. The summed E-state index contributed by atoms with van der Waals surface area (Å²) in [5.41, 5.74) is 2.39. The maximum atomic E-state index is 6.15. The van der Waals surface area contributed by atoms with Crippen LogP contribution in [0.4, 0.5) is 0 Å². The SMILES string of the molecule is COC1COC(c2ccccc2)(c2ccccc2)S1. The first kappa shape index (κ1) is 12.7. The van der Waals surface area contributed by atoms with Gasteiger partial charge in [0.1, 0.15) is 5.44 Å². The fourth-order valence-corrected chi connectivity index (χ4v) is 3.62. The molecule has 0 aromatic heterocycles. The normalized spacial score (nSPS) is 21.4. The van der Waals surface area contributed by atoms with Gasteiger partial charge in [0.05, 0.1) is 6.61 Å². The van der Waals surface area contributed by atoms with Crippen LogP contribution < -0.4 is 0 Å². The molecule has 0 radical (unpaired) electrons. The molecule has 3 rings (SSSR count). The molecule has 0 aliphatic carbocycles. The summed E-state index contributed by atoms with van der Waals surface area (Å²) in [5.74, 6) is 0. The first-order chi connectivity index (χ1) is 9.35. The fourth-order valence-electron chi connectivity index (χ4n) is 2.34. The van der Waals surface area contributed by atoms with Crippen molar-refractivity contribution in [3.63, 3.8) is 0 Å². The molecule has 1 aliphatic rings. The maximum Gasteiger partial charge on any atom is 0.167 e. The highest BCUT2D eigenvalue weighted by Gasteiger charge is 2.44. The molecular formula is C16H16O2S. The molecule has 0 bridgehead atoms. The van der Waals surface area contributed by atoms with Crippen molar-refractivity contribution >= 4 is 11.8 Å². The highest BCUT2D eigenvalue weighted by atomic mass is 32.2. The van der Waals surface area contributed by atoms with Crippen LogP contribution in [0.2, 0.25) is 0 Å². The van der Waals surface area contributed by atoms with Crippen molar-refractivity contribution in [3.05, 3.63) is 71.8 Å². The third kappa shape index (κ3) is 2.29. The Hall–Kier alpha value is -1.29. The van der Waals surface area contributed by atoms with Crippen molar-refractivity contribution < 1.29 is 9.47 Å². The summed E-state index contributed by atoms with van der Waals surface area (Å²) in [6.45, 7) is 0.602. The maximum absolute atomic E-state index is 6.15. The molecule has 98 valence electrons. The van der Waals surface area contributed by atoms with E-state index in [0.29, 0.717) is 6.61 Å². The van der Waals surface area contributed by atoms with Crippen LogP contribution in [0.5, 0.6) is 0 Å². The summed E-state index contributed by atoms with van der Waals surface area (Å²) >= 11 is 1.72. The molecule has 0 N–H and O–H groups in total. The lowest BCUT2D eigenvalue weighted by Crippen LogP contribution is -2.23. The largest absolute Gasteiger partial charge is 0.368 e. The van der Waals surface area contributed by atoms with Crippen molar-refractivity contribution in [2.75, 3.05) is 13.7 Å². The van der Waals surface area contributed by atoms with Gasteiger partial charge in [0.25, 0.3) is 0 Å². The van der Waals surface area contributed by atoms with E-state index in [9.17, 15) is 0 Å². The van der Waals surface area contributed by atoms with Gasteiger partial charge < -0.3 is 9.47 Å². The highest BCUT2D eigenvalue weighted by molar-refractivity contribution is 8.01. The third-order valence-electron chi connectivity index (χ3n) is 3.29. The Bertz CT molecular complexity index is 487. The minimum atomic E-state index is -0.455. The van der Waals surface area contributed by atoms with Crippen LogP contribution in [0.15, 0.2) is 60.7 Å². The molecule has 19 heavy (non-hydrogen) atoms. The van der Waals surface area contributed by atoms with Crippen LogP contribution in [-0.2, 0) is 14.4 Å². The first-order valence-electron chi connectivity index (χ1n) is 6.31. The van der Waals surface area contributed by atoms with Crippen molar-refractivity contribution in [1.82, 2.24) is 0 Å². The predicted molar refractivity (Wildman–Crippen MR) is 78.0 cm³/mol. The number of hydrogen-bond donors (Lipinski definition) is 0. The van der Waals surface area contributed by atoms with Gasteiger partial charge in [-0.3, -0.25) is 0 Å². The van der Waals surface area contributed by atoms with E-state index in [1.807, 2.05) is 36.4 Å². The summed E-state index contributed by atoms with van der Waals surface area (Å²) in [5, 5.41) is 0. The minimum Gasteiger partial charge on any atom is -0.368 e. The Labute approximate surface area is 117 Å². The van der Waals surface area contributed by atoms with E-state index in [2.05, 4.69) is 24.3 Å². The van der Waals surface area contributed by atoms with Gasteiger partial charge in [0, 0.05) is 7.11 Å². The number of methoxy groups -OCH3 is 1. The van der Waals surface area contributed by atoms with Gasteiger partial charge in [0.2, 0.25) is 0 Å². The molecule has 1 atom stereocenters. The van der Waals surface area contributed by atoms with Crippen molar-refractivity contribution in [2.24, 2.45) is 0 Å². The van der Waals surface area contributed by atoms with Gasteiger partial charge in [-0.1, -0.05) is 72.4 Å². The fraction of sp³-hybridized carbons (Fsp3) is 0.250. The van der Waals surface area contributed by atoms with Crippen LogP contribution in [0, 0.1) is 0 Å². The van der Waals surface area contributed by atoms with Gasteiger partial charge in [-0.25, -0.2) is 0 Å². The molecule has 0 spiro atoms. The second kappa shape index (κ2) is 5.37. The van der Waals surface area contributed by atoms with E-state index in [-0.39, 0.29) is 5.44 Å². The van der Waals surface area contributed by atoms with Crippen LogP contribution in [-0.4, -0.2) is 19.2 Å². The molecule has 0 amide bonds. The molecule has 0 saturated carbocycles. The zero-order chi connectivity index (χ0) is 13.1. The van der Waals surface area contributed by atoms with Gasteiger partial charge in [-0.2, -0.15) is 0 Å². The quantitative estimate of drug-likeness (QED) is 0.850. The lowest BCUT2D eigenvalue weighted by molar-refractivity contribution is 0.0322. The van der Waals surface area contributed by atoms with Crippen LogP contribution in [0.25, 0.3) is 0 Å². The summed E-state index contributed by atoms with van der Waals surface area (Å²) in [6.07, 6.45) is 0. The van der Waals surface area contributed by atoms with Gasteiger partial charge >= 0.3 is 0 Å².